The van der Waals surface area contributed by atoms with Gasteiger partial charge in [0.05, 0.1) is 35.7 Å². The minimum absolute atomic E-state index is 0.175. The molecular formula is C26H35BrClNO16. The van der Waals surface area contributed by atoms with E-state index in [2.05, 4.69) is 20.9 Å². The Morgan fingerprint density at radius 2 is 1.16 bits per heavy atom. The lowest BCUT2D eigenvalue weighted by Crippen LogP contribution is -2.66. The summed E-state index contributed by atoms with van der Waals surface area (Å²) in [6.07, 6.45) is -23.6. The molecule has 254 valence electrons. The number of aromatic amines is 1. The third-order valence-electron chi connectivity index (χ3n) is 8.02. The number of nitrogens with one attached hydrogen (secondary N) is 1. The molecule has 19 heteroatoms. The van der Waals surface area contributed by atoms with E-state index in [9.17, 15) is 51.1 Å². The molecule has 5 rings (SSSR count). The standard InChI is InChI=1S/C26H35BrClNO16/c27-7-1-2-8-13(14(7)28)9(3-29-8)40-24-20(38)17(35)22(11(5-31)42-24)45-26-21(39)18(36)23(12(6-32)43-26)44-25-19(37)16(34)15(33)10(4-30)41-25/h1-3,10-12,15-26,29-39H,4-6H2/t10-,11-,12-,15-,16+,17-,18-,19-,20-,21-,22-,23-,24-,25+,26+/m1/s1. The molecule has 0 saturated carbocycles. The van der Waals surface area contributed by atoms with Crippen LogP contribution in [0.25, 0.3) is 10.9 Å². The highest BCUT2D eigenvalue weighted by Gasteiger charge is 2.53. The molecular weight excluding hydrogens is 698 g/mol. The fourth-order valence-corrected chi connectivity index (χ4v) is 6.07. The van der Waals surface area contributed by atoms with Gasteiger partial charge in [0, 0.05) is 10.7 Å². The number of fused-ring (bicyclic) bond motifs is 1. The van der Waals surface area contributed by atoms with Crippen molar-refractivity contribution in [3.05, 3.63) is 27.8 Å². The second kappa shape index (κ2) is 14.5. The van der Waals surface area contributed by atoms with E-state index in [1.54, 1.807) is 12.1 Å². The van der Waals surface area contributed by atoms with Crippen LogP contribution in [0.5, 0.6) is 5.75 Å². The van der Waals surface area contributed by atoms with Crippen molar-refractivity contribution >= 4 is 38.4 Å². The quantitative estimate of drug-likeness (QED) is 0.119. The Labute approximate surface area is 268 Å². The first-order valence-electron chi connectivity index (χ1n) is 13.9. The van der Waals surface area contributed by atoms with Gasteiger partial charge in [0.25, 0.3) is 0 Å². The van der Waals surface area contributed by atoms with Crippen LogP contribution in [-0.4, -0.2) is 168 Å². The van der Waals surface area contributed by atoms with Crippen LogP contribution in [0.3, 0.4) is 0 Å². The zero-order valence-electron chi connectivity index (χ0n) is 23.2. The number of aliphatic hydroxyl groups excluding tert-OH is 10. The Kier molecular flexibility index (Phi) is 11.3. The molecule has 0 amide bonds. The van der Waals surface area contributed by atoms with Crippen molar-refractivity contribution in [1.82, 2.24) is 4.98 Å². The largest absolute Gasteiger partial charge is 0.460 e. The summed E-state index contributed by atoms with van der Waals surface area (Å²) in [7, 11) is 0. The van der Waals surface area contributed by atoms with Gasteiger partial charge in [-0.15, -0.1) is 0 Å². The van der Waals surface area contributed by atoms with Gasteiger partial charge in [-0.3, -0.25) is 0 Å². The van der Waals surface area contributed by atoms with Crippen molar-refractivity contribution < 1.29 is 79.5 Å². The summed E-state index contributed by atoms with van der Waals surface area (Å²) in [6.45, 7) is -2.34. The maximum atomic E-state index is 11.0. The molecule has 0 spiro atoms. The first-order valence-corrected chi connectivity index (χ1v) is 15.1. The predicted molar refractivity (Wildman–Crippen MR) is 151 cm³/mol. The molecule has 11 N–H and O–H groups in total. The lowest BCUT2D eigenvalue weighted by Gasteiger charge is -2.48. The molecule has 2 aromatic rings. The van der Waals surface area contributed by atoms with E-state index in [0.29, 0.717) is 20.4 Å². The van der Waals surface area contributed by atoms with E-state index in [4.69, 9.17) is 40.0 Å². The van der Waals surface area contributed by atoms with E-state index in [0.717, 1.165) is 0 Å². The third-order valence-corrected chi connectivity index (χ3v) is 9.30. The second-order valence-corrected chi connectivity index (χ2v) is 12.1. The van der Waals surface area contributed by atoms with E-state index in [1.165, 1.54) is 6.20 Å². The number of halogens is 2. The number of hydrogen-bond donors (Lipinski definition) is 11. The average Bonchev–Trinajstić information content (AvgIpc) is 3.45. The SMILES string of the molecule is OC[C@H]1O[C@@H](O[C@H]2[C@H](O)[C@@H](O)[C@H](O[C@H]3[C@H](O)[C@@H](O)[C@H](Oc4c[nH]c5ccc(Br)c(Cl)c45)O[C@@H]3CO)O[C@@H]2CO)[C@H](O)[C@@H](O)[C@@H]1O. The predicted octanol–water partition coefficient (Wildman–Crippen LogP) is -3.59. The zero-order valence-corrected chi connectivity index (χ0v) is 25.5. The number of aromatic nitrogens is 1. The molecule has 3 aliphatic rings. The molecule has 45 heavy (non-hydrogen) atoms. The summed E-state index contributed by atoms with van der Waals surface area (Å²) in [5.74, 6) is 0.175. The first kappa shape index (κ1) is 35.0. The molecule has 17 nitrogen and oxygen atoms in total. The van der Waals surface area contributed by atoms with Crippen molar-refractivity contribution in [1.29, 1.82) is 0 Å². The summed E-state index contributed by atoms with van der Waals surface area (Å²) in [5, 5.41) is 104. The average molecular weight is 733 g/mol. The van der Waals surface area contributed by atoms with Gasteiger partial charge in [0.15, 0.2) is 12.6 Å². The van der Waals surface area contributed by atoms with Gasteiger partial charge in [-0.2, -0.15) is 0 Å². The molecule has 1 aromatic carbocycles. The van der Waals surface area contributed by atoms with E-state index in [1.807, 2.05) is 0 Å². The van der Waals surface area contributed by atoms with Crippen LogP contribution < -0.4 is 4.74 Å². The van der Waals surface area contributed by atoms with Crippen molar-refractivity contribution in [3.63, 3.8) is 0 Å². The number of rotatable bonds is 9. The van der Waals surface area contributed by atoms with Gasteiger partial charge in [-0.25, -0.2) is 0 Å². The number of aliphatic hydroxyl groups is 10. The van der Waals surface area contributed by atoms with Crippen LogP contribution in [-0.2, 0) is 23.7 Å². The van der Waals surface area contributed by atoms with Crippen LogP contribution in [0.4, 0.5) is 0 Å². The Hall–Kier alpha value is -1.27. The monoisotopic (exact) mass is 731 g/mol. The van der Waals surface area contributed by atoms with Gasteiger partial charge >= 0.3 is 0 Å². The molecule has 1 aromatic heterocycles. The summed E-state index contributed by atoms with van der Waals surface area (Å²) < 4.78 is 34.1. The number of H-pyrrole nitrogens is 1. The molecule has 3 fully saturated rings. The third kappa shape index (κ3) is 6.72. The van der Waals surface area contributed by atoms with Crippen LogP contribution in [0.1, 0.15) is 0 Å². The van der Waals surface area contributed by atoms with Crippen LogP contribution in [0.2, 0.25) is 5.02 Å². The maximum absolute atomic E-state index is 11.0. The van der Waals surface area contributed by atoms with Crippen LogP contribution in [0, 0.1) is 0 Å². The van der Waals surface area contributed by atoms with Crippen LogP contribution >= 0.6 is 27.5 Å². The van der Waals surface area contributed by atoms with Gasteiger partial charge in [-0.1, -0.05) is 11.6 Å². The molecule has 15 atom stereocenters. The van der Waals surface area contributed by atoms with Crippen LogP contribution in [0.15, 0.2) is 22.8 Å². The number of hydrogen-bond acceptors (Lipinski definition) is 16. The zero-order chi connectivity index (χ0) is 32.7. The first-order chi connectivity index (χ1) is 21.4. The molecule has 3 saturated heterocycles. The molecule has 4 heterocycles. The Morgan fingerprint density at radius 3 is 1.71 bits per heavy atom. The lowest BCUT2D eigenvalue weighted by atomic mass is 9.96. The van der Waals surface area contributed by atoms with Gasteiger partial charge in [0.1, 0.15) is 79.0 Å². The van der Waals surface area contributed by atoms with Gasteiger partial charge in [-0.05, 0) is 28.1 Å². The summed E-state index contributed by atoms with van der Waals surface area (Å²) in [5.41, 5.74) is 0.609. The number of benzene rings is 1. The molecule has 0 aliphatic carbocycles. The second-order valence-electron chi connectivity index (χ2n) is 10.9. The van der Waals surface area contributed by atoms with E-state index >= 15 is 0 Å². The normalized spacial score (nSPS) is 42.6. The van der Waals surface area contributed by atoms with Crippen molar-refractivity contribution in [2.45, 2.75) is 92.1 Å². The summed E-state index contributed by atoms with van der Waals surface area (Å²) in [6, 6.07) is 3.45. The minimum Gasteiger partial charge on any atom is -0.460 e. The molecule has 0 radical (unpaired) electrons. The topological polar surface area (TPSA) is 273 Å². The Balaban J connectivity index is 1.27. The lowest BCUT2D eigenvalue weighted by molar-refractivity contribution is -0.376. The van der Waals surface area contributed by atoms with Crippen molar-refractivity contribution in [2.75, 3.05) is 19.8 Å². The summed E-state index contributed by atoms with van der Waals surface area (Å²) in [4.78, 5) is 2.96. The van der Waals surface area contributed by atoms with E-state index < -0.39 is 112 Å². The Morgan fingerprint density at radius 1 is 0.667 bits per heavy atom. The summed E-state index contributed by atoms with van der Waals surface area (Å²) >= 11 is 9.72. The fourth-order valence-electron chi connectivity index (χ4n) is 5.49. The number of ether oxygens (including phenoxy) is 6. The van der Waals surface area contributed by atoms with Gasteiger partial charge < -0.3 is 84.5 Å². The highest BCUT2D eigenvalue weighted by molar-refractivity contribution is 9.10. The Bertz CT molecular complexity index is 1290. The molecule has 3 aliphatic heterocycles. The minimum atomic E-state index is -1.94. The smallest absolute Gasteiger partial charge is 0.229 e. The maximum Gasteiger partial charge on any atom is 0.229 e. The molecule has 0 unspecified atom stereocenters. The highest BCUT2D eigenvalue weighted by atomic mass is 79.9. The highest BCUT2D eigenvalue weighted by Crippen LogP contribution is 2.39. The van der Waals surface area contributed by atoms with E-state index in [-0.39, 0.29) is 5.75 Å². The van der Waals surface area contributed by atoms with Crippen molar-refractivity contribution in [2.24, 2.45) is 0 Å². The van der Waals surface area contributed by atoms with Gasteiger partial charge in [0.2, 0.25) is 6.29 Å². The fraction of sp³-hybridized carbons (Fsp3) is 0.692. The molecule has 0 bridgehead atoms. The van der Waals surface area contributed by atoms with Crippen molar-refractivity contribution in [3.8, 4) is 5.75 Å².